The molecule has 2 N–H and O–H groups in total. The van der Waals surface area contributed by atoms with Gasteiger partial charge in [0.25, 0.3) is 5.91 Å². The minimum atomic E-state index is -0.226. The van der Waals surface area contributed by atoms with E-state index in [0.717, 1.165) is 0 Å². The number of anilines is 1. The quantitative estimate of drug-likeness (QED) is 0.783. The molecule has 0 saturated carbocycles. The number of aromatic nitrogens is 5. The van der Waals surface area contributed by atoms with Crippen LogP contribution in [0.5, 0.6) is 0 Å². The molecule has 2 aromatic heterocycles. The van der Waals surface area contributed by atoms with Crippen LogP contribution in [-0.4, -0.2) is 50.1 Å². The molecule has 2 rings (SSSR count). The highest BCUT2D eigenvalue weighted by molar-refractivity contribution is 5.92. The van der Waals surface area contributed by atoms with E-state index in [0.29, 0.717) is 18.2 Å². The third-order valence-electron chi connectivity index (χ3n) is 2.31. The molecule has 0 aliphatic carbocycles. The number of hydrogen-bond donors (Lipinski definition) is 2. The van der Waals surface area contributed by atoms with E-state index >= 15 is 0 Å². The highest BCUT2D eigenvalue weighted by Gasteiger charge is 2.15. The average Bonchev–Trinajstić information content (AvgIpc) is 2.90. The van der Waals surface area contributed by atoms with Crippen molar-refractivity contribution in [2.24, 2.45) is 0 Å². The monoisotopic (exact) mass is 247 g/mol. The molecule has 0 aliphatic heterocycles. The van der Waals surface area contributed by atoms with Crippen LogP contribution < -0.4 is 5.32 Å². The van der Waals surface area contributed by atoms with Gasteiger partial charge in [-0.25, -0.2) is 9.97 Å². The molecule has 0 saturated heterocycles. The summed E-state index contributed by atoms with van der Waals surface area (Å²) in [6.45, 7) is 0.338. The van der Waals surface area contributed by atoms with Gasteiger partial charge in [-0.05, 0) is 0 Å². The van der Waals surface area contributed by atoms with Gasteiger partial charge >= 0.3 is 0 Å². The lowest BCUT2D eigenvalue weighted by molar-refractivity contribution is 0.0775. The molecule has 8 heteroatoms. The Morgan fingerprint density at radius 2 is 2.33 bits per heavy atom. The lowest BCUT2D eigenvalue weighted by Crippen LogP contribution is -2.27. The zero-order chi connectivity index (χ0) is 13.0. The number of hydrogen-bond acceptors (Lipinski definition) is 6. The summed E-state index contributed by atoms with van der Waals surface area (Å²) in [5, 5.41) is 9.25. The van der Waals surface area contributed by atoms with Gasteiger partial charge in [0.05, 0.1) is 18.9 Å². The number of rotatable bonds is 4. The van der Waals surface area contributed by atoms with Crippen LogP contribution in [0.3, 0.4) is 0 Å². The third-order valence-corrected chi connectivity index (χ3v) is 2.31. The molecule has 94 valence electrons. The zero-order valence-corrected chi connectivity index (χ0v) is 10.1. The first kappa shape index (κ1) is 12.0. The van der Waals surface area contributed by atoms with Crippen molar-refractivity contribution in [3.05, 3.63) is 30.2 Å². The summed E-state index contributed by atoms with van der Waals surface area (Å²) in [4.78, 5) is 25.6. The largest absolute Gasteiger partial charge is 0.372 e. The third kappa shape index (κ3) is 2.59. The molecule has 0 atom stereocenters. The van der Waals surface area contributed by atoms with Gasteiger partial charge in [-0.3, -0.25) is 14.9 Å². The summed E-state index contributed by atoms with van der Waals surface area (Å²) < 4.78 is 0. The van der Waals surface area contributed by atoms with Gasteiger partial charge in [-0.2, -0.15) is 5.10 Å². The SMILES string of the molecule is CNc1cncc(C(=O)N(C)Cc2ncn[nH]2)n1. The molecule has 0 spiro atoms. The molecule has 0 bridgehead atoms. The predicted molar refractivity (Wildman–Crippen MR) is 63.8 cm³/mol. The van der Waals surface area contributed by atoms with Crippen LogP contribution in [0.1, 0.15) is 16.3 Å². The van der Waals surface area contributed by atoms with Crippen molar-refractivity contribution in [3.63, 3.8) is 0 Å². The molecule has 0 aromatic carbocycles. The number of H-pyrrole nitrogens is 1. The van der Waals surface area contributed by atoms with Crippen molar-refractivity contribution in [2.45, 2.75) is 6.54 Å². The summed E-state index contributed by atoms with van der Waals surface area (Å²) in [5.41, 5.74) is 0.281. The second-order valence-electron chi connectivity index (χ2n) is 3.63. The summed E-state index contributed by atoms with van der Waals surface area (Å²) in [6, 6.07) is 0. The van der Waals surface area contributed by atoms with Gasteiger partial charge in [0, 0.05) is 14.1 Å². The zero-order valence-electron chi connectivity index (χ0n) is 10.1. The molecule has 0 aliphatic rings. The number of amides is 1. The molecular formula is C10H13N7O. The first-order valence-electron chi connectivity index (χ1n) is 5.30. The molecule has 2 aromatic rings. The summed E-state index contributed by atoms with van der Waals surface area (Å²) >= 11 is 0. The maximum absolute atomic E-state index is 12.1. The van der Waals surface area contributed by atoms with Crippen LogP contribution in [0.25, 0.3) is 0 Å². The fourth-order valence-corrected chi connectivity index (χ4v) is 1.39. The maximum Gasteiger partial charge on any atom is 0.274 e. The fourth-order valence-electron chi connectivity index (χ4n) is 1.39. The van der Waals surface area contributed by atoms with Crippen LogP contribution in [-0.2, 0) is 6.54 Å². The molecule has 18 heavy (non-hydrogen) atoms. The number of carbonyl (C=O) groups is 1. The Labute approximate surface area is 103 Å². The summed E-state index contributed by atoms with van der Waals surface area (Å²) in [5.74, 6) is 0.938. The van der Waals surface area contributed by atoms with Crippen molar-refractivity contribution >= 4 is 11.7 Å². The standard InChI is InChI=1S/C10H13N7O/c1-11-8-4-12-3-7(15-8)10(18)17(2)5-9-13-6-14-16-9/h3-4,6H,5H2,1-2H3,(H,11,15)(H,13,14,16). The van der Waals surface area contributed by atoms with Crippen LogP contribution in [0.4, 0.5) is 5.82 Å². The Bertz CT molecular complexity index is 525. The smallest absolute Gasteiger partial charge is 0.274 e. The van der Waals surface area contributed by atoms with Crippen LogP contribution in [0.15, 0.2) is 18.7 Å². The Kier molecular flexibility index (Phi) is 3.46. The fraction of sp³-hybridized carbons (Fsp3) is 0.300. The first-order chi connectivity index (χ1) is 8.70. The maximum atomic E-state index is 12.1. The van der Waals surface area contributed by atoms with Crippen molar-refractivity contribution in [3.8, 4) is 0 Å². The van der Waals surface area contributed by atoms with Gasteiger partial charge < -0.3 is 10.2 Å². The van der Waals surface area contributed by atoms with E-state index in [1.807, 2.05) is 0 Å². The van der Waals surface area contributed by atoms with E-state index in [-0.39, 0.29) is 11.6 Å². The van der Waals surface area contributed by atoms with Gasteiger partial charge in [-0.15, -0.1) is 0 Å². The van der Waals surface area contributed by atoms with Crippen molar-refractivity contribution < 1.29 is 4.79 Å². The minimum Gasteiger partial charge on any atom is -0.372 e. The van der Waals surface area contributed by atoms with E-state index in [9.17, 15) is 4.79 Å². The number of nitrogens with zero attached hydrogens (tertiary/aromatic N) is 5. The predicted octanol–water partition coefficient (Wildman–Crippen LogP) is -0.0914. The number of carbonyl (C=O) groups excluding carboxylic acids is 1. The van der Waals surface area contributed by atoms with E-state index in [4.69, 9.17) is 0 Å². The molecule has 0 fully saturated rings. The normalized spacial score (nSPS) is 10.1. The molecule has 1 amide bonds. The topological polar surface area (TPSA) is 99.7 Å². The second kappa shape index (κ2) is 5.21. The van der Waals surface area contributed by atoms with Crippen molar-refractivity contribution in [1.29, 1.82) is 0 Å². The number of aromatic amines is 1. The van der Waals surface area contributed by atoms with Crippen LogP contribution in [0, 0.1) is 0 Å². The van der Waals surface area contributed by atoms with E-state index in [1.165, 1.54) is 17.4 Å². The second-order valence-corrected chi connectivity index (χ2v) is 3.63. The Balaban J connectivity index is 2.10. The summed E-state index contributed by atoms with van der Waals surface area (Å²) in [7, 11) is 3.38. The van der Waals surface area contributed by atoms with Gasteiger partial charge in [0.2, 0.25) is 0 Å². The van der Waals surface area contributed by atoms with Crippen LogP contribution >= 0.6 is 0 Å². The number of nitrogens with one attached hydrogen (secondary N) is 2. The summed E-state index contributed by atoms with van der Waals surface area (Å²) in [6.07, 6.45) is 4.38. The van der Waals surface area contributed by atoms with Crippen LogP contribution in [0.2, 0.25) is 0 Å². The Morgan fingerprint density at radius 1 is 1.50 bits per heavy atom. The molecule has 0 radical (unpaired) electrons. The Morgan fingerprint density at radius 3 is 3.00 bits per heavy atom. The lowest BCUT2D eigenvalue weighted by atomic mass is 10.3. The van der Waals surface area contributed by atoms with Crippen molar-refractivity contribution in [2.75, 3.05) is 19.4 Å². The van der Waals surface area contributed by atoms with E-state index in [1.54, 1.807) is 20.3 Å². The van der Waals surface area contributed by atoms with Gasteiger partial charge in [-0.1, -0.05) is 0 Å². The van der Waals surface area contributed by atoms with Gasteiger partial charge in [0.15, 0.2) is 0 Å². The molecule has 0 unspecified atom stereocenters. The van der Waals surface area contributed by atoms with Gasteiger partial charge in [0.1, 0.15) is 23.7 Å². The lowest BCUT2D eigenvalue weighted by Gasteiger charge is -2.14. The molecule has 8 nitrogen and oxygen atoms in total. The highest BCUT2D eigenvalue weighted by Crippen LogP contribution is 2.05. The van der Waals surface area contributed by atoms with E-state index in [2.05, 4.69) is 30.5 Å². The molecule has 2 heterocycles. The molecular weight excluding hydrogens is 234 g/mol. The Hall–Kier alpha value is -2.51. The first-order valence-corrected chi connectivity index (χ1v) is 5.30. The average molecular weight is 247 g/mol. The van der Waals surface area contributed by atoms with E-state index < -0.39 is 0 Å². The van der Waals surface area contributed by atoms with Crippen molar-refractivity contribution in [1.82, 2.24) is 30.0 Å². The highest BCUT2D eigenvalue weighted by atomic mass is 16.2. The minimum absolute atomic E-state index is 0.226.